The molecule has 1 rings (SSSR count). The van der Waals surface area contributed by atoms with Crippen molar-refractivity contribution in [3.63, 3.8) is 0 Å². The van der Waals surface area contributed by atoms with E-state index in [1.807, 2.05) is 0 Å². The molecule has 1 aromatic rings. The third-order valence-corrected chi connectivity index (χ3v) is 2.53. The van der Waals surface area contributed by atoms with Gasteiger partial charge in [-0.2, -0.15) is 0 Å². The molecule has 0 aromatic heterocycles. The van der Waals surface area contributed by atoms with E-state index in [0.29, 0.717) is 5.56 Å². The summed E-state index contributed by atoms with van der Waals surface area (Å²) in [7, 11) is 0. The molecule has 0 atom stereocenters. The largest absolute Gasteiger partial charge is 0.396 e. The van der Waals surface area contributed by atoms with Crippen molar-refractivity contribution in [2.45, 2.75) is 20.3 Å². The van der Waals surface area contributed by atoms with Gasteiger partial charge in [-0.3, -0.25) is 24.6 Å². The highest BCUT2D eigenvalue weighted by atomic mass is 16.6. The zero-order valence-corrected chi connectivity index (χ0v) is 10.6. The van der Waals surface area contributed by atoms with Gasteiger partial charge in [0, 0.05) is 32.6 Å². The lowest BCUT2D eigenvalue weighted by molar-refractivity contribution is -0.384. The van der Waals surface area contributed by atoms with E-state index in [1.54, 1.807) is 0 Å². The third-order valence-electron chi connectivity index (χ3n) is 2.53. The van der Waals surface area contributed by atoms with Crippen LogP contribution in [-0.2, 0) is 16.0 Å². The van der Waals surface area contributed by atoms with Gasteiger partial charge in [0.25, 0.3) is 5.69 Å². The maximum atomic E-state index is 11.5. The van der Waals surface area contributed by atoms with Gasteiger partial charge in [0.2, 0.25) is 11.8 Å². The minimum Gasteiger partial charge on any atom is -0.396 e. The third kappa shape index (κ3) is 3.35. The highest BCUT2D eigenvalue weighted by Crippen LogP contribution is 2.26. The average Bonchev–Trinajstić information content (AvgIpc) is 2.30. The number of rotatable bonds is 4. The normalized spacial score (nSPS) is 10.1. The predicted octanol–water partition coefficient (Wildman–Crippen LogP) is 1.03. The van der Waals surface area contributed by atoms with Crippen LogP contribution in [0.4, 0.5) is 11.4 Å². The Hall–Kier alpha value is -2.28. The van der Waals surface area contributed by atoms with Crippen LogP contribution in [0.1, 0.15) is 19.4 Å². The first-order chi connectivity index (χ1) is 8.88. The summed E-state index contributed by atoms with van der Waals surface area (Å²) in [6.07, 6.45) is 0.119. The van der Waals surface area contributed by atoms with E-state index in [0.717, 1.165) is 4.90 Å². The maximum absolute atomic E-state index is 11.5. The molecule has 0 saturated carbocycles. The number of nitro groups is 1. The van der Waals surface area contributed by atoms with Gasteiger partial charge in [0.05, 0.1) is 10.6 Å². The second kappa shape index (κ2) is 6.05. The quantitative estimate of drug-likeness (QED) is 0.647. The van der Waals surface area contributed by atoms with Crippen LogP contribution in [-0.4, -0.2) is 28.5 Å². The van der Waals surface area contributed by atoms with Crippen molar-refractivity contribution in [1.82, 2.24) is 0 Å². The molecule has 1 N–H and O–H groups in total. The Morgan fingerprint density at radius 3 is 2.32 bits per heavy atom. The molecule has 0 aliphatic heterocycles. The lowest BCUT2D eigenvalue weighted by atomic mass is 10.1. The highest BCUT2D eigenvalue weighted by molar-refractivity contribution is 6.13. The second-order valence-electron chi connectivity index (χ2n) is 3.92. The smallest absolute Gasteiger partial charge is 0.269 e. The van der Waals surface area contributed by atoms with Crippen LogP contribution in [0.3, 0.4) is 0 Å². The summed E-state index contributed by atoms with van der Waals surface area (Å²) in [6.45, 7) is 2.22. The zero-order valence-electron chi connectivity index (χ0n) is 10.6. The molecule has 0 aliphatic carbocycles. The first kappa shape index (κ1) is 14.8. The molecule has 0 bridgehead atoms. The van der Waals surface area contributed by atoms with Crippen LogP contribution < -0.4 is 4.90 Å². The number of imide groups is 1. The Balaban J connectivity index is 3.36. The molecule has 0 heterocycles. The molecule has 0 aliphatic rings. The van der Waals surface area contributed by atoms with Crippen LogP contribution in [0.15, 0.2) is 18.2 Å². The van der Waals surface area contributed by atoms with Crippen LogP contribution in [0.25, 0.3) is 0 Å². The van der Waals surface area contributed by atoms with Crippen LogP contribution in [0, 0.1) is 10.1 Å². The Labute approximate surface area is 109 Å². The summed E-state index contributed by atoms with van der Waals surface area (Å²) in [5.74, 6) is -0.971. The number of hydrogen-bond acceptors (Lipinski definition) is 5. The number of amides is 2. The van der Waals surface area contributed by atoms with E-state index < -0.39 is 16.7 Å². The van der Waals surface area contributed by atoms with Gasteiger partial charge in [-0.05, 0) is 18.1 Å². The minimum absolute atomic E-state index is 0.119. The molecular formula is C12H14N2O5. The first-order valence-electron chi connectivity index (χ1n) is 5.58. The predicted molar refractivity (Wildman–Crippen MR) is 67.7 cm³/mol. The van der Waals surface area contributed by atoms with Crippen molar-refractivity contribution in [3.8, 4) is 0 Å². The number of aliphatic hydroxyl groups is 1. The molecule has 0 unspecified atom stereocenters. The number of benzene rings is 1. The molecule has 2 amide bonds. The fourth-order valence-corrected chi connectivity index (χ4v) is 1.79. The molecule has 0 fully saturated rings. The van der Waals surface area contributed by atoms with E-state index in [1.165, 1.54) is 32.0 Å². The van der Waals surface area contributed by atoms with E-state index in [-0.39, 0.29) is 24.4 Å². The number of carbonyl (C=O) groups excluding carboxylic acids is 2. The summed E-state index contributed by atoms with van der Waals surface area (Å²) >= 11 is 0. The Bertz CT molecular complexity index is 513. The lowest BCUT2D eigenvalue weighted by Crippen LogP contribution is -2.34. The van der Waals surface area contributed by atoms with E-state index in [2.05, 4.69) is 0 Å². The summed E-state index contributed by atoms with van der Waals surface area (Å²) in [4.78, 5) is 34.0. The van der Waals surface area contributed by atoms with Gasteiger partial charge in [-0.25, -0.2) is 0 Å². The standard InChI is InChI=1S/C12H14N2O5/c1-8(16)13(9(2)17)12-4-3-11(14(18)19)7-10(12)5-6-15/h3-4,7,15H,5-6H2,1-2H3. The number of nitro benzene ring substituents is 1. The van der Waals surface area contributed by atoms with Gasteiger partial charge >= 0.3 is 0 Å². The SMILES string of the molecule is CC(=O)N(C(C)=O)c1ccc([N+](=O)[O-])cc1CCO. The van der Waals surface area contributed by atoms with E-state index in [4.69, 9.17) is 5.11 Å². The summed E-state index contributed by atoms with van der Waals surface area (Å²) in [5.41, 5.74) is 0.487. The van der Waals surface area contributed by atoms with Gasteiger partial charge < -0.3 is 5.11 Å². The summed E-state index contributed by atoms with van der Waals surface area (Å²) in [6, 6.07) is 3.81. The topological polar surface area (TPSA) is 101 Å². The van der Waals surface area contributed by atoms with Crippen molar-refractivity contribution in [2.75, 3.05) is 11.5 Å². The summed E-state index contributed by atoms with van der Waals surface area (Å²) < 4.78 is 0. The average molecular weight is 266 g/mol. The van der Waals surface area contributed by atoms with Gasteiger partial charge in [0.1, 0.15) is 0 Å². The zero-order chi connectivity index (χ0) is 14.6. The highest BCUT2D eigenvalue weighted by Gasteiger charge is 2.21. The number of non-ortho nitro benzene ring substituents is 1. The van der Waals surface area contributed by atoms with Crippen molar-refractivity contribution >= 4 is 23.2 Å². The van der Waals surface area contributed by atoms with Crippen molar-refractivity contribution in [2.24, 2.45) is 0 Å². The molecule has 0 spiro atoms. The number of carbonyl (C=O) groups is 2. The Morgan fingerprint density at radius 2 is 1.89 bits per heavy atom. The molecule has 19 heavy (non-hydrogen) atoms. The maximum Gasteiger partial charge on any atom is 0.269 e. The molecule has 0 saturated heterocycles. The first-order valence-corrected chi connectivity index (χ1v) is 5.58. The molecule has 7 nitrogen and oxygen atoms in total. The lowest BCUT2D eigenvalue weighted by Gasteiger charge is -2.20. The van der Waals surface area contributed by atoms with Crippen molar-refractivity contribution in [1.29, 1.82) is 0 Å². The monoisotopic (exact) mass is 266 g/mol. The fourth-order valence-electron chi connectivity index (χ4n) is 1.79. The number of hydrogen-bond donors (Lipinski definition) is 1. The molecular weight excluding hydrogens is 252 g/mol. The number of aliphatic hydroxyl groups excluding tert-OH is 1. The van der Waals surface area contributed by atoms with Crippen LogP contribution in [0.5, 0.6) is 0 Å². The van der Waals surface area contributed by atoms with Crippen LogP contribution in [0.2, 0.25) is 0 Å². The second-order valence-corrected chi connectivity index (χ2v) is 3.92. The Kier molecular flexibility index (Phi) is 4.71. The number of nitrogens with zero attached hydrogens (tertiary/aromatic N) is 2. The van der Waals surface area contributed by atoms with Crippen molar-refractivity contribution in [3.05, 3.63) is 33.9 Å². The molecule has 0 radical (unpaired) electrons. The fraction of sp³-hybridized carbons (Fsp3) is 0.333. The van der Waals surface area contributed by atoms with Crippen LogP contribution >= 0.6 is 0 Å². The van der Waals surface area contributed by atoms with Gasteiger partial charge in [-0.15, -0.1) is 0 Å². The molecule has 102 valence electrons. The van der Waals surface area contributed by atoms with Gasteiger partial charge in [0.15, 0.2) is 0 Å². The van der Waals surface area contributed by atoms with E-state index in [9.17, 15) is 19.7 Å². The Morgan fingerprint density at radius 1 is 1.32 bits per heavy atom. The molecule has 7 heteroatoms. The van der Waals surface area contributed by atoms with E-state index >= 15 is 0 Å². The number of anilines is 1. The molecule has 1 aromatic carbocycles. The summed E-state index contributed by atoms with van der Waals surface area (Å²) in [5, 5.41) is 19.7. The van der Waals surface area contributed by atoms with Gasteiger partial charge in [-0.1, -0.05) is 0 Å². The van der Waals surface area contributed by atoms with Crippen molar-refractivity contribution < 1.29 is 19.6 Å². The minimum atomic E-state index is -0.573.